The van der Waals surface area contributed by atoms with E-state index in [0.29, 0.717) is 25.6 Å². The number of hydrogen-bond acceptors (Lipinski definition) is 5. The van der Waals surface area contributed by atoms with Gasteiger partial charge in [0, 0.05) is 25.7 Å². The minimum Gasteiger partial charge on any atom is -0.497 e. The van der Waals surface area contributed by atoms with Crippen molar-refractivity contribution >= 4 is 40.0 Å². The Hall–Kier alpha value is -1.11. The Kier molecular flexibility index (Phi) is 11.2. The van der Waals surface area contributed by atoms with Crippen molar-refractivity contribution in [2.24, 2.45) is 4.99 Å². The molecule has 8 nitrogen and oxygen atoms in total. The normalized spacial score (nSPS) is 17.3. The van der Waals surface area contributed by atoms with E-state index in [0.717, 1.165) is 24.2 Å². The first-order valence-electron chi connectivity index (χ1n) is 9.74. The lowest BCUT2D eigenvalue weighted by Gasteiger charge is -2.32. The summed E-state index contributed by atoms with van der Waals surface area (Å²) in [5.74, 6) is 1.51. The van der Waals surface area contributed by atoms with Gasteiger partial charge in [0.15, 0.2) is 5.96 Å². The fourth-order valence-electron chi connectivity index (χ4n) is 3.08. The van der Waals surface area contributed by atoms with E-state index < -0.39 is 16.1 Å². The summed E-state index contributed by atoms with van der Waals surface area (Å²) in [6.07, 6.45) is 0.743. The molecule has 0 saturated carbocycles. The third-order valence-corrected chi connectivity index (χ3v) is 6.70. The molecule has 1 aliphatic heterocycles. The van der Waals surface area contributed by atoms with Crippen LogP contribution >= 0.6 is 24.0 Å². The van der Waals surface area contributed by atoms with Gasteiger partial charge in [-0.1, -0.05) is 12.1 Å². The quantitative estimate of drug-likeness (QED) is 0.264. The molecule has 29 heavy (non-hydrogen) atoms. The average Bonchev–Trinajstić information content (AvgIpc) is 2.72. The molecule has 1 aliphatic rings. The van der Waals surface area contributed by atoms with Crippen molar-refractivity contribution in [2.45, 2.75) is 38.8 Å². The first kappa shape index (κ1) is 25.9. The molecule has 1 aromatic carbocycles. The SMILES string of the molecule is CCNC(=NCC(O)c1ccc(OC)cc1)NC1CCN(S(=O)(=O)CC)CC1.I. The molecule has 0 aliphatic carbocycles. The summed E-state index contributed by atoms with van der Waals surface area (Å²) in [5, 5.41) is 16.9. The summed E-state index contributed by atoms with van der Waals surface area (Å²) in [6.45, 7) is 5.61. The third-order valence-electron chi connectivity index (χ3n) is 4.82. The summed E-state index contributed by atoms with van der Waals surface area (Å²) in [5.41, 5.74) is 0.776. The number of methoxy groups -OCH3 is 1. The molecule has 1 fully saturated rings. The number of guanidine groups is 1. The van der Waals surface area contributed by atoms with Crippen LogP contribution in [0, 0.1) is 0 Å². The van der Waals surface area contributed by atoms with Crippen LogP contribution in [-0.4, -0.2) is 68.9 Å². The largest absolute Gasteiger partial charge is 0.497 e. The van der Waals surface area contributed by atoms with E-state index in [2.05, 4.69) is 15.6 Å². The van der Waals surface area contributed by atoms with E-state index in [9.17, 15) is 13.5 Å². The number of ether oxygens (including phenoxy) is 1. The monoisotopic (exact) mass is 540 g/mol. The van der Waals surface area contributed by atoms with Crippen LogP contribution in [0.1, 0.15) is 38.4 Å². The molecule has 2 rings (SSSR count). The van der Waals surface area contributed by atoms with E-state index in [1.165, 1.54) is 0 Å². The number of aliphatic hydroxyl groups excluding tert-OH is 1. The topological polar surface area (TPSA) is 103 Å². The molecular weight excluding hydrogens is 507 g/mol. The van der Waals surface area contributed by atoms with Gasteiger partial charge >= 0.3 is 0 Å². The molecule has 1 aromatic rings. The van der Waals surface area contributed by atoms with Gasteiger partial charge in [0.25, 0.3) is 0 Å². The maximum Gasteiger partial charge on any atom is 0.213 e. The van der Waals surface area contributed by atoms with E-state index in [1.54, 1.807) is 18.3 Å². The lowest BCUT2D eigenvalue weighted by atomic mass is 10.1. The van der Waals surface area contributed by atoms with Gasteiger partial charge in [-0.15, -0.1) is 24.0 Å². The minimum atomic E-state index is -3.12. The molecule has 3 N–H and O–H groups in total. The third kappa shape index (κ3) is 7.91. The van der Waals surface area contributed by atoms with E-state index >= 15 is 0 Å². The Morgan fingerprint density at radius 1 is 1.28 bits per heavy atom. The lowest BCUT2D eigenvalue weighted by molar-refractivity contribution is 0.187. The highest BCUT2D eigenvalue weighted by Crippen LogP contribution is 2.18. The minimum absolute atomic E-state index is 0. The number of nitrogens with one attached hydrogen (secondary N) is 2. The first-order chi connectivity index (χ1) is 13.4. The predicted octanol–water partition coefficient (Wildman–Crippen LogP) is 1.72. The smallest absolute Gasteiger partial charge is 0.213 e. The predicted molar refractivity (Wildman–Crippen MR) is 127 cm³/mol. The van der Waals surface area contributed by atoms with Crippen LogP contribution in [-0.2, 0) is 10.0 Å². The highest BCUT2D eigenvalue weighted by atomic mass is 127. The molecular formula is C19H33IN4O4S. The zero-order chi connectivity index (χ0) is 20.6. The van der Waals surface area contributed by atoms with Gasteiger partial charge in [-0.25, -0.2) is 12.7 Å². The van der Waals surface area contributed by atoms with Gasteiger partial charge in [-0.05, 0) is 44.4 Å². The van der Waals surface area contributed by atoms with Crippen LogP contribution < -0.4 is 15.4 Å². The number of aliphatic imine (C=N–C) groups is 1. The van der Waals surface area contributed by atoms with Gasteiger partial charge in [-0.2, -0.15) is 0 Å². The van der Waals surface area contributed by atoms with Gasteiger partial charge < -0.3 is 20.5 Å². The number of sulfonamides is 1. The summed E-state index contributed by atoms with van der Waals surface area (Å²) in [7, 11) is -1.52. The molecule has 166 valence electrons. The molecule has 0 bridgehead atoms. The van der Waals surface area contributed by atoms with Crippen LogP contribution in [0.5, 0.6) is 5.75 Å². The highest BCUT2D eigenvalue weighted by Gasteiger charge is 2.27. The highest BCUT2D eigenvalue weighted by molar-refractivity contribution is 14.0. The molecule has 10 heteroatoms. The second-order valence-electron chi connectivity index (χ2n) is 6.73. The van der Waals surface area contributed by atoms with Crippen molar-refractivity contribution in [3.8, 4) is 5.75 Å². The Balaban J connectivity index is 0.00000420. The van der Waals surface area contributed by atoms with Crippen LogP contribution in [0.2, 0.25) is 0 Å². The standard InChI is InChI=1S/C19H32N4O4S.HI/c1-4-20-19(21-14-18(24)15-6-8-17(27-3)9-7-15)22-16-10-12-23(13-11-16)28(25,26)5-2;/h6-9,16,18,24H,4-5,10-14H2,1-3H3,(H2,20,21,22);1H. The summed E-state index contributed by atoms with van der Waals surface area (Å²) in [4.78, 5) is 4.49. The van der Waals surface area contributed by atoms with Crippen LogP contribution in [0.25, 0.3) is 0 Å². The van der Waals surface area contributed by atoms with Gasteiger partial charge in [0.05, 0.1) is 25.5 Å². The number of rotatable bonds is 8. The summed E-state index contributed by atoms with van der Waals surface area (Å²) < 4.78 is 30.6. The van der Waals surface area contributed by atoms with Crippen molar-refractivity contribution in [3.63, 3.8) is 0 Å². The number of aliphatic hydroxyl groups is 1. The molecule has 0 spiro atoms. The number of nitrogens with zero attached hydrogens (tertiary/aromatic N) is 2. The number of piperidine rings is 1. The second-order valence-corrected chi connectivity index (χ2v) is 8.98. The Morgan fingerprint density at radius 3 is 2.41 bits per heavy atom. The van der Waals surface area contributed by atoms with Crippen molar-refractivity contribution in [1.29, 1.82) is 0 Å². The molecule has 0 radical (unpaired) electrons. The average molecular weight is 540 g/mol. The molecule has 0 aromatic heterocycles. The lowest BCUT2D eigenvalue weighted by Crippen LogP contribution is -2.50. The molecule has 1 saturated heterocycles. The van der Waals surface area contributed by atoms with Gasteiger partial charge in [-0.3, -0.25) is 4.99 Å². The molecule has 0 amide bonds. The zero-order valence-corrected chi connectivity index (χ0v) is 20.4. The van der Waals surface area contributed by atoms with E-state index in [1.807, 2.05) is 31.2 Å². The first-order valence-corrected chi connectivity index (χ1v) is 11.3. The Bertz CT molecular complexity index is 735. The van der Waals surface area contributed by atoms with Crippen molar-refractivity contribution in [2.75, 3.05) is 39.0 Å². The Labute approximate surface area is 191 Å². The number of hydrogen-bond donors (Lipinski definition) is 3. The number of halogens is 1. The molecule has 1 unspecified atom stereocenters. The second kappa shape index (κ2) is 12.6. The van der Waals surface area contributed by atoms with Crippen LogP contribution in [0.15, 0.2) is 29.3 Å². The fourth-order valence-corrected chi connectivity index (χ4v) is 4.22. The summed E-state index contributed by atoms with van der Waals surface area (Å²) >= 11 is 0. The van der Waals surface area contributed by atoms with E-state index in [4.69, 9.17) is 4.74 Å². The van der Waals surface area contributed by atoms with E-state index in [-0.39, 0.29) is 42.3 Å². The van der Waals surface area contributed by atoms with Crippen molar-refractivity contribution < 1.29 is 18.3 Å². The van der Waals surface area contributed by atoms with Crippen LogP contribution in [0.3, 0.4) is 0 Å². The molecule has 1 heterocycles. The molecule has 1 atom stereocenters. The number of benzene rings is 1. The fraction of sp³-hybridized carbons (Fsp3) is 0.632. The maximum absolute atomic E-state index is 12.0. The van der Waals surface area contributed by atoms with Gasteiger partial charge in [0.2, 0.25) is 10.0 Å². The summed E-state index contributed by atoms with van der Waals surface area (Å²) in [6, 6.07) is 7.42. The van der Waals surface area contributed by atoms with Crippen LogP contribution in [0.4, 0.5) is 0 Å². The Morgan fingerprint density at radius 2 is 1.90 bits per heavy atom. The van der Waals surface area contributed by atoms with Crippen molar-refractivity contribution in [3.05, 3.63) is 29.8 Å². The zero-order valence-electron chi connectivity index (χ0n) is 17.3. The van der Waals surface area contributed by atoms with Crippen molar-refractivity contribution in [1.82, 2.24) is 14.9 Å². The van der Waals surface area contributed by atoms with Gasteiger partial charge in [0.1, 0.15) is 5.75 Å². The maximum atomic E-state index is 12.0.